The molecular weight excluding hydrogens is 613 g/mol. The van der Waals surface area contributed by atoms with E-state index in [-0.39, 0.29) is 35.6 Å². The summed E-state index contributed by atoms with van der Waals surface area (Å²) in [5.74, 6) is 1.87. The molecule has 2 atom stereocenters. The number of halogens is 1. The van der Waals surface area contributed by atoms with Gasteiger partial charge in [-0.15, -0.1) is 4.31 Å². The number of amides is 1. The molecule has 1 amide bonds. The van der Waals surface area contributed by atoms with Crippen LogP contribution in [0.15, 0.2) is 82.6 Å². The molecule has 3 aliphatic rings. The van der Waals surface area contributed by atoms with Crippen LogP contribution in [0.2, 0.25) is 0 Å². The maximum atomic E-state index is 13.3. The van der Waals surface area contributed by atoms with E-state index in [1.54, 1.807) is 17.2 Å². The Morgan fingerprint density at radius 1 is 1.09 bits per heavy atom. The lowest BCUT2D eigenvalue weighted by Gasteiger charge is -2.34. The van der Waals surface area contributed by atoms with Gasteiger partial charge in [0.15, 0.2) is 0 Å². The number of carbonyl (C=O) groups excluding carboxylic acids is 3. The van der Waals surface area contributed by atoms with E-state index in [9.17, 15) is 27.2 Å². The number of nitrogens with zero attached hydrogens (tertiary/aromatic N) is 4. The molecule has 1 aromatic heterocycles. The molecule has 12 nitrogen and oxygen atoms in total. The van der Waals surface area contributed by atoms with Crippen molar-refractivity contribution in [2.24, 2.45) is 5.73 Å². The summed E-state index contributed by atoms with van der Waals surface area (Å²) in [5.41, 5.74) is 5.54. The van der Waals surface area contributed by atoms with Gasteiger partial charge in [-0.05, 0) is 54.5 Å². The van der Waals surface area contributed by atoms with Crippen LogP contribution in [0.3, 0.4) is 0 Å². The second kappa shape index (κ2) is 13.7. The molecule has 1 unspecified atom stereocenters. The standard InChI is InChI=1S/C29H30FN5O7S2/c30-22-5-8-24(9-6-22)44(39,40)35-15-16-43-29(35)42-27(37)25(31)18-20-4-7-23(17-21(20)19-36)41-28(38)34-13-11-33(12-14-34)26-3-1-2-10-32-26/h1-10,25,29H,11-18,31H2/t25-,29?/m0/s1. The van der Waals surface area contributed by atoms with Crippen molar-refractivity contribution in [3.63, 3.8) is 0 Å². The minimum absolute atomic E-state index is 0.0150. The monoisotopic (exact) mass is 643 g/mol. The van der Waals surface area contributed by atoms with Crippen LogP contribution < -0.4 is 10.6 Å². The Balaban J connectivity index is 1.15. The van der Waals surface area contributed by atoms with Crippen LogP contribution in [0, 0.1) is 5.82 Å². The molecule has 2 aromatic rings. The first-order valence-corrected chi connectivity index (χ1v) is 16.3. The fraction of sp³-hybridized carbons (Fsp3) is 0.345. The fourth-order valence-electron chi connectivity index (χ4n) is 4.85. The van der Waals surface area contributed by atoms with Crippen LogP contribution in [-0.4, -0.2) is 90.7 Å². The van der Waals surface area contributed by atoms with Gasteiger partial charge in [0, 0.05) is 56.7 Å². The molecule has 1 aromatic carbocycles. The van der Waals surface area contributed by atoms with Crippen LogP contribution >= 0.6 is 11.8 Å². The van der Waals surface area contributed by atoms with Crippen molar-refractivity contribution >= 4 is 45.6 Å². The molecule has 0 radical (unpaired) electrons. The van der Waals surface area contributed by atoms with Gasteiger partial charge in [0.2, 0.25) is 15.6 Å². The third-order valence-electron chi connectivity index (χ3n) is 7.25. The maximum Gasteiger partial charge on any atom is 0.415 e. The first-order valence-electron chi connectivity index (χ1n) is 13.8. The zero-order valence-corrected chi connectivity index (χ0v) is 25.1. The molecule has 2 fully saturated rings. The lowest BCUT2D eigenvalue weighted by atomic mass is 9.93. The molecule has 3 heterocycles. The SMILES string of the molecule is N[C@@H](CC1=CC=C(OC(=O)N2CCN(c3ccccn3)CC2)CC1=C=O)C(=O)OC1SCCN1S(=O)(=O)c1ccc(F)cc1. The number of sulfonamides is 1. The molecule has 44 heavy (non-hydrogen) atoms. The van der Waals surface area contributed by atoms with Crippen LogP contribution in [0.1, 0.15) is 12.8 Å². The van der Waals surface area contributed by atoms with Crippen LogP contribution in [0.4, 0.5) is 15.0 Å². The molecule has 15 heteroatoms. The average molecular weight is 644 g/mol. The molecular formula is C29H30FN5O7S2. The van der Waals surface area contributed by atoms with Gasteiger partial charge in [-0.2, -0.15) is 0 Å². The summed E-state index contributed by atoms with van der Waals surface area (Å²) in [6.07, 6.45) is 4.16. The second-order valence-corrected chi connectivity index (χ2v) is 13.1. The van der Waals surface area contributed by atoms with Crippen molar-refractivity contribution in [2.75, 3.05) is 43.4 Å². The predicted octanol–water partition coefficient (Wildman–Crippen LogP) is 2.43. The van der Waals surface area contributed by atoms with Gasteiger partial charge in [0.1, 0.15) is 29.4 Å². The minimum atomic E-state index is -4.05. The zero-order valence-electron chi connectivity index (χ0n) is 23.5. The Labute approximate surface area is 258 Å². The van der Waals surface area contributed by atoms with Gasteiger partial charge in [-0.3, -0.25) is 4.79 Å². The minimum Gasteiger partial charge on any atom is -0.435 e. The quantitative estimate of drug-likeness (QED) is 0.334. The lowest BCUT2D eigenvalue weighted by Crippen LogP contribution is -2.49. The summed E-state index contributed by atoms with van der Waals surface area (Å²) in [4.78, 5) is 45.3. The van der Waals surface area contributed by atoms with E-state index in [1.165, 1.54) is 6.08 Å². The number of anilines is 1. The first-order chi connectivity index (χ1) is 21.2. The normalized spacial score (nSPS) is 20.0. The van der Waals surface area contributed by atoms with Gasteiger partial charge < -0.3 is 25.0 Å². The highest BCUT2D eigenvalue weighted by Crippen LogP contribution is 2.32. The van der Waals surface area contributed by atoms with E-state index in [0.29, 0.717) is 37.5 Å². The summed E-state index contributed by atoms with van der Waals surface area (Å²) in [7, 11) is -4.05. The molecule has 232 valence electrons. The molecule has 2 aliphatic heterocycles. The number of aromatic nitrogens is 1. The predicted molar refractivity (Wildman–Crippen MR) is 160 cm³/mol. The number of hydrogen-bond acceptors (Lipinski definition) is 11. The highest BCUT2D eigenvalue weighted by Gasteiger charge is 2.39. The Hall–Kier alpha value is -4.01. The number of allylic oxidation sites excluding steroid dienone is 3. The molecule has 0 spiro atoms. The maximum absolute atomic E-state index is 13.3. The van der Waals surface area contributed by atoms with Crippen LogP contribution in [0.25, 0.3) is 0 Å². The second-order valence-electron chi connectivity index (χ2n) is 10.1. The van der Waals surface area contributed by atoms with E-state index in [0.717, 1.165) is 46.2 Å². The van der Waals surface area contributed by atoms with Gasteiger partial charge in [-0.25, -0.2) is 27.4 Å². The number of nitrogens with two attached hydrogens (primary N) is 1. The summed E-state index contributed by atoms with van der Waals surface area (Å²) < 4.78 is 51.4. The van der Waals surface area contributed by atoms with Gasteiger partial charge in [0.05, 0.1) is 4.90 Å². The van der Waals surface area contributed by atoms with E-state index >= 15 is 0 Å². The van der Waals surface area contributed by atoms with Crippen molar-refractivity contribution < 1.29 is 36.7 Å². The number of esters is 1. The number of benzene rings is 1. The van der Waals surface area contributed by atoms with E-state index < -0.39 is 39.5 Å². The van der Waals surface area contributed by atoms with E-state index in [4.69, 9.17) is 15.2 Å². The largest absolute Gasteiger partial charge is 0.435 e. The third kappa shape index (κ3) is 7.20. The molecule has 1 aliphatic carbocycles. The smallest absolute Gasteiger partial charge is 0.415 e. The average Bonchev–Trinajstić information content (AvgIpc) is 3.51. The van der Waals surface area contributed by atoms with Crippen molar-refractivity contribution in [1.82, 2.24) is 14.2 Å². The highest BCUT2D eigenvalue weighted by molar-refractivity contribution is 8.01. The topological polar surface area (TPSA) is 152 Å². The summed E-state index contributed by atoms with van der Waals surface area (Å²) in [6, 6.07) is 8.80. The Morgan fingerprint density at radius 3 is 2.52 bits per heavy atom. The number of hydrogen-bond donors (Lipinski definition) is 1. The lowest BCUT2D eigenvalue weighted by molar-refractivity contribution is -0.149. The molecule has 2 N–H and O–H groups in total. The number of rotatable bonds is 8. The van der Waals surface area contributed by atoms with Gasteiger partial charge in [0.25, 0.3) is 0 Å². The van der Waals surface area contributed by atoms with Crippen LogP contribution in [-0.2, 0) is 29.1 Å². The van der Waals surface area contributed by atoms with Crippen molar-refractivity contribution in [3.05, 3.63) is 83.5 Å². The zero-order chi connectivity index (χ0) is 31.3. The van der Waals surface area contributed by atoms with E-state index in [2.05, 4.69) is 9.88 Å². The number of thioether (sulfide) groups is 1. The number of ether oxygens (including phenoxy) is 2. The summed E-state index contributed by atoms with van der Waals surface area (Å²) >= 11 is 1.11. The Morgan fingerprint density at radius 2 is 1.84 bits per heavy atom. The third-order valence-corrected chi connectivity index (χ3v) is 10.3. The summed E-state index contributed by atoms with van der Waals surface area (Å²) in [6.45, 7) is 2.17. The highest BCUT2D eigenvalue weighted by atomic mass is 32.2. The van der Waals surface area contributed by atoms with Crippen LogP contribution in [0.5, 0.6) is 0 Å². The van der Waals surface area contributed by atoms with Gasteiger partial charge >= 0.3 is 12.1 Å². The van der Waals surface area contributed by atoms with E-state index in [1.807, 2.05) is 24.1 Å². The van der Waals surface area contributed by atoms with Crippen molar-refractivity contribution in [2.45, 2.75) is 29.3 Å². The summed E-state index contributed by atoms with van der Waals surface area (Å²) in [5, 5.41) is 0. The molecule has 0 saturated carbocycles. The van der Waals surface area contributed by atoms with Crippen molar-refractivity contribution in [1.29, 1.82) is 0 Å². The Kier molecular flexibility index (Phi) is 9.81. The van der Waals surface area contributed by atoms with Gasteiger partial charge in [-0.1, -0.05) is 23.9 Å². The first kappa shape index (κ1) is 31.4. The fourth-order valence-corrected chi connectivity index (χ4v) is 7.78. The molecule has 0 bridgehead atoms. The number of carbonyl (C=O) groups is 2. The molecule has 5 rings (SSSR count). The molecule has 2 saturated heterocycles. The number of pyridine rings is 1. The van der Waals surface area contributed by atoms with Crippen molar-refractivity contribution in [3.8, 4) is 0 Å². The Bertz CT molecular complexity index is 1600. The number of piperazine rings is 1.